The monoisotopic (exact) mass is 374 g/mol. The van der Waals surface area contributed by atoms with E-state index in [1.54, 1.807) is 7.11 Å². The predicted octanol–water partition coefficient (Wildman–Crippen LogP) is 3.97. The Labute approximate surface area is 165 Å². The average Bonchev–Trinajstić information content (AvgIpc) is 3.14. The zero-order valence-corrected chi connectivity index (χ0v) is 17.6. The Morgan fingerprint density at radius 1 is 1.30 bits per heavy atom. The molecule has 2 rings (SSSR count). The fourth-order valence-electron chi connectivity index (χ4n) is 4.06. The molecule has 1 saturated carbocycles. The van der Waals surface area contributed by atoms with Crippen molar-refractivity contribution < 1.29 is 4.74 Å². The SMILES string of the molecule is CCNC(=NCC1(CCOC)CCCC1)NCC(c1cccnc1)C(C)C. The van der Waals surface area contributed by atoms with Crippen LogP contribution in [0.5, 0.6) is 0 Å². The number of nitrogens with zero attached hydrogens (tertiary/aromatic N) is 2. The molecule has 0 amide bonds. The number of hydrogen-bond donors (Lipinski definition) is 2. The van der Waals surface area contributed by atoms with Crippen LogP contribution >= 0.6 is 0 Å². The highest BCUT2D eigenvalue weighted by atomic mass is 16.5. The van der Waals surface area contributed by atoms with Gasteiger partial charge in [-0.15, -0.1) is 0 Å². The zero-order valence-electron chi connectivity index (χ0n) is 17.6. The van der Waals surface area contributed by atoms with Crippen molar-refractivity contribution in [2.75, 3.05) is 33.4 Å². The third-order valence-electron chi connectivity index (χ3n) is 5.82. The molecular formula is C22H38N4O. The minimum absolute atomic E-state index is 0.319. The number of hydrogen-bond acceptors (Lipinski definition) is 3. The van der Waals surface area contributed by atoms with Crippen molar-refractivity contribution in [1.29, 1.82) is 0 Å². The maximum absolute atomic E-state index is 5.35. The van der Waals surface area contributed by atoms with Crippen molar-refractivity contribution in [1.82, 2.24) is 15.6 Å². The molecule has 152 valence electrons. The van der Waals surface area contributed by atoms with Gasteiger partial charge in [0, 0.05) is 51.7 Å². The van der Waals surface area contributed by atoms with Crippen LogP contribution in [0.25, 0.3) is 0 Å². The Hall–Kier alpha value is -1.62. The van der Waals surface area contributed by atoms with Crippen molar-refractivity contribution in [2.24, 2.45) is 16.3 Å². The molecule has 0 spiro atoms. The van der Waals surface area contributed by atoms with Crippen molar-refractivity contribution in [3.8, 4) is 0 Å². The number of nitrogens with one attached hydrogen (secondary N) is 2. The van der Waals surface area contributed by atoms with E-state index in [1.807, 2.05) is 18.5 Å². The maximum Gasteiger partial charge on any atom is 0.191 e. The fourth-order valence-corrected chi connectivity index (χ4v) is 4.06. The summed E-state index contributed by atoms with van der Waals surface area (Å²) < 4.78 is 5.35. The molecule has 1 fully saturated rings. The van der Waals surface area contributed by atoms with Crippen LogP contribution in [0.15, 0.2) is 29.5 Å². The molecule has 2 N–H and O–H groups in total. The van der Waals surface area contributed by atoms with Gasteiger partial charge in [0.25, 0.3) is 0 Å². The van der Waals surface area contributed by atoms with Crippen LogP contribution in [0.1, 0.15) is 64.4 Å². The largest absolute Gasteiger partial charge is 0.385 e. The Balaban J connectivity index is 2.01. The summed E-state index contributed by atoms with van der Waals surface area (Å²) in [4.78, 5) is 9.26. The Kier molecular flexibility index (Phi) is 9.05. The van der Waals surface area contributed by atoms with Crippen LogP contribution in [0.2, 0.25) is 0 Å². The predicted molar refractivity (Wildman–Crippen MR) is 113 cm³/mol. The topological polar surface area (TPSA) is 58.5 Å². The number of rotatable bonds is 10. The van der Waals surface area contributed by atoms with E-state index in [1.165, 1.54) is 31.2 Å². The first-order valence-electron chi connectivity index (χ1n) is 10.5. The van der Waals surface area contributed by atoms with Crippen molar-refractivity contribution in [3.63, 3.8) is 0 Å². The van der Waals surface area contributed by atoms with E-state index in [4.69, 9.17) is 9.73 Å². The number of aromatic nitrogens is 1. The summed E-state index contributed by atoms with van der Waals surface area (Å²) in [6.45, 7) is 10.1. The number of guanidine groups is 1. The van der Waals surface area contributed by atoms with Gasteiger partial charge < -0.3 is 15.4 Å². The summed E-state index contributed by atoms with van der Waals surface area (Å²) in [5.41, 5.74) is 1.60. The normalized spacial score (nSPS) is 17.9. The lowest BCUT2D eigenvalue weighted by atomic mass is 9.83. The molecule has 5 nitrogen and oxygen atoms in total. The summed E-state index contributed by atoms with van der Waals surface area (Å²) in [6.07, 6.45) is 10.1. The lowest BCUT2D eigenvalue weighted by Crippen LogP contribution is -2.41. The first kappa shape index (κ1) is 21.7. The third-order valence-corrected chi connectivity index (χ3v) is 5.82. The first-order valence-corrected chi connectivity index (χ1v) is 10.5. The molecule has 27 heavy (non-hydrogen) atoms. The van der Waals surface area contributed by atoms with E-state index in [2.05, 4.69) is 42.5 Å². The maximum atomic E-state index is 5.35. The number of methoxy groups -OCH3 is 1. The molecule has 1 aliphatic carbocycles. The summed E-state index contributed by atoms with van der Waals surface area (Å²) in [6, 6.07) is 4.19. The van der Waals surface area contributed by atoms with Gasteiger partial charge in [0.15, 0.2) is 5.96 Å². The van der Waals surface area contributed by atoms with Crippen LogP contribution in [0.4, 0.5) is 0 Å². The first-order chi connectivity index (χ1) is 13.1. The van der Waals surface area contributed by atoms with Gasteiger partial charge >= 0.3 is 0 Å². The minimum Gasteiger partial charge on any atom is -0.385 e. The van der Waals surface area contributed by atoms with Crippen molar-refractivity contribution >= 4 is 5.96 Å². The summed E-state index contributed by atoms with van der Waals surface area (Å²) >= 11 is 0. The lowest BCUT2D eigenvalue weighted by molar-refractivity contribution is 0.141. The van der Waals surface area contributed by atoms with Crippen LogP contribution in [-0.4, -0.2) is 44.3 Å². The quantitative estimate of drug-likeness (QED) is 0.480. The standard InChI is InChI=1S/C22H38N4O/c1-5-24-21(26-17-22(12-14-27-4)10-6-7-11-22)25-16-20(18(2)3)19-9-8-13-23-15-19/h8-9,13,15,18,20H,5-7,10-12,14,16-17H2,1-4H3,(H2,24,25,26). The summed E-state index contributed by atoms with van der Waals surface area (Å²) in [7, 11) is 1.79. The number of pyridine rings is 1. The van der Waals surface area contributed by atoms with Gasteiger partial charge in [-0.3, -0.25) is 9.98 Å². The molecule has 1 aliphatic rings. The van der Waals surface area contributed by atoms with Crippen LogP contribution in [0.3, 0.4) is 0 Å². The summed E-state index contributed by atoms with van der Waals surface area (Å²) in [5, 5.41) is 7.00. The van der Waals surface area contributed by atoms with E-state index in [-0.39, 0.29) is 0 Å². The molecule has 1 heterocycles. The molecular weight excluding hydrogens is 336 g/mol. The lowest BCUT2D eigenvalue weighted by Gasteiger charge is -2.28. The van der Waals surface area contributed by atoms with Gasteiger partial charge in [-0.05, 0) is 49.1 Å². The Bertz CT molecular complexity index is 553. The van der Waals surface area contributed by atoms with E-state index < -0.39 is 0 Å². The molecule has 1 unspecified atom stereocenters. The zero-order chi connectivity index (χ0) is 19.5. The molecule has 0 saturated heterocycles. The van der Waals surface area contributed by atoms with Gasteiger partial charge in [-0.1, -0.05) is 32.8 Å². The van der Waals surface area contributed by atoms with E-state index >= 15 is 0 Å². The Morgan fingerprint density at radius 2 is 2.07 bits per heavy atom. The molecule has 0 aromatic carbocycles. The van der Waals surface area contributed by atoms with Gasteiger partial charge in [0.1, 0.15) is 0 Å². The van der Waals surface area contributed by atoms with E-state index in [0.717, 1.165) is 38.6 Å². The van der Waals surface area contributed by atoms with Crippen LogP contribution < -0.4 is 10.6 Å². The Morgan fingerprint density at radius 3 is 2.67 bits per heavy atom. The fraction of sp³-hybridized carbons (Fsp3) is 0.727. The molecule has 0 radical (unpaired) electrons. The third kappa shape index (κ3) is 6.80. The van der Waals surface area contributed by atoms with Gasteiger partial charge in [0.05, 0.1) is 0 Å². The highest BCUT2D eigenvalue weighted by Gasteiger charge is 2.33. The highest BCUT2D eigenvalue weighted by molar-refractivity contribution is 5.79. The molecule has 1 aromatic rings. The van der Waals surface area contributed by atoms with Crippen LogP contribution in [0, 0.1) is 11.3 Å². The summed E-state index contributed by atoms with van der Waals surface area (Å²) in [5.74, 6) is 1.87. The molecule has 1 aromatic heterocycles. The van der Waals surface area contributed by atoms with Crippen LogP contribution in [-0.2, 0) is 4.74 Å². The van der Waals surface area contributed by atoms with Gasteiger partial charge in [-0.25, -0.2) is 0 Å². The van der Waals surface area contributed by atoms with Gasteiger partial charge in [-0.2, -0.15) is 0 Å². The second kappa shape index (κ2) is 11.3. The van der Waals surface area contributed by atoms with E-state index in [0.29, 0.717) is 17.3 Å². The van der Waals surface area contributed by atoms with Crippen molar-refractivity contribution in [3.05, 3.63) is 30.1 Å². The highest BCUT2D eigenvalue weighted by Crippen LogP contribution is 2.41. The minimum atomic E-state index is 0.319. The molecule has 0 bridgehead atoms. The second-order valence-electron chi connectivity index (χ2n) is 8.16. The van der Waals surface area contributed by atoms with E-state index in [9.17, 15) is 0 Å². The van der Waals surface area contributed by atoms with Crippen molar-refractivity contribution in [2.45, 2.75) is 58.8 Å². The molecule has 1 atom stereocenters. The average molecular weight is 375 g/mol. The molecule has 0 aliphatic heterocycles. The second-order valence-corrected chi connectivity index (χ2v) is 8.16. The molecule has 5 heteroatoms. The number of aliphatic imine (C=N–C) groups is 1. The van der Waals surface area contributed by atoms with Gasteiger partial charge in [0.2, 0.25) is 0 Å². The number of ether oxygens (including phenoxy) is 1. The smallest absolute Gasteiger partial charge is 0.191 e.